The molecule has 0 heterocycles. The van der Waals surface area contributed by atoms with E-state index in [1.807, 2.05) is 30.3 Å². The fourth-order valence-corrected chi connectivity index (χ4v) is 3.05. The summed E-state index contributed by atoms with van der Waals surface area (Å²) in [6, 6.07) is 22.7. The van der Waals surface area contributed by atoms with E-state index in [9.17, 15) is 9.46 Å². The van der Waals surface area contributed by atoms with Crippen LogP contribution in [0.3, 0.4) is 0 Å². The minimum Gasteiger partial charge on any atom is -0.398 e. The quantitative estimate of drug-likeness (QED) is 0.528. The van der Waals surface area contributed by atoms with Crippen molar-refractivity contribution in [1.82, 2.24) is 0 Å². The molecule has 0 aliphatic heterocycles. The van der Waals surface area contributed by atoms with Crippen molar-refractivity contribution in [2.45, 2.75) is 0 Å². The van der Waals surface area contributed by atoms with Crippen molar-refractivity contribution in [2.24, 2.45) is 0 Å². The monoisotopic (exact) mass is 341 g/mol. The second kappa shape index (κ2) is 6.79. The van der Waals surface area contributed by atoms with Crippen LogP contribution in [-0.4, -0.2) is 4.89 Å². The maximum atomic E-state index is 12.1. The van der Waals surface area contributed by atoms with Gasteiger partial charge in [-0.1, -0.05) is 48.5 Å². The van der Waals surface area contributed by atoms with Gasteiger partial charge < -0.3 is 14.8 Å². The molecule has 5 nitrogen and oxygen atoms in total. The minimum absolute atomic E-state index is 0.161. The molecule has 0 aliphatic rings. The average Bonchev–Trinajstić information content (AvgIpc) is 2.56. The highest BCUT2D eigenvalue weighted by Crippen LogP contribution is 2.45. The topological polar surface area (TPSA) is 81.8 Å². The third-order valence-corrected chi connectivity index (χ3v) is 4.18. The Morgan fingerprint density at radius 3 is 2.00 bits per heavy atom. The van der Waals surface area contributed by atoms with E-state index < -0.39 is 7.82 Å². The Morgan fingerprint density at radius 2 is 1.38 bits per heavy atom. The molecule has 3 rings (SSSR count). The van der Waals surface area contributed by atoms with Gasteiger partial charge in [-0.3, -0.25) is 4.89 Å². The summed E-state index contributed by atoms with van der Waals surface area (Å²) in [6.07, 6.45) is 0. The predicted molar refractivity (Wildman–Crippen MR) is 93.8 cm³/mol. The SMILES string of the molecule is Nc1cc(OP(=O)(O)Oc2ccccc2)ccc1-c1ccccc1. The zero-order valence-electron chi connectivity index (χ0n) is 12.7. The molecule has 3 N–H and O–H groups in total. The van der Waals surface area contributed by atoms with Crippen LogP contribution in [0.4, 0.5) is 5.69 Å². The maximum Gasteiger partial charge on any atom is 0.584 e. The van der Waals surface area contributed by atoms with Crippen LogP contribution in [-0.2, 0) is 4.57 Å². The van der Waals surface area contributed by atoms with E-state index in [0.29, 0.717) is 5.69 Å². The second-order valence-corrected chi connectivity index (χ2v) is 6.38. The van der Waals surface area contributed by atoms with Crippen LogP contribution >= 0.6 is 7.82 Å². The Labute approximate surface area is 139 Å². The van der Waals surface area contributed by atoms with Gasteiger partial charge in [-0.25, -0.2) is 4.57 Å². The standard InChI is InChI=1S/C18H16NO4P/c19-18-13-16(11-12-17(18)14-7-3-1-4-8-14)23-24(20,21)22-15-9-5-2-6-10-15/h1-13H,19H2,(H,20,21). The van der Waals surface area contributed by atoms with E-state index in [4.69, 9.17) is 14.8 Å². The zero-order valence-corrected chi connectivity index (χ0v) is 13.6. The lowest BCUT2D eigenvalue weighted by Gasteiger charge is -2.15. The molecule has 1 unspecified atom stereocenters. The van der Waals surface area contributed by atoms with Gasteiger partial charge in [-0.05, 0) is 29.8 Å². The van der Waals surface area contributed by atoms with E-state index in [0.717, 1.165) is 11.1 Å². The van der Waals surface area contributed by atoms with Crippen molar-refractivity contribution in [3.05, 3.63) is 78.9 Å². The molecule has 3 aromatic carbocycles. The van der Waals surface area contributed by atoms with Crippen LogP contribution < -0.4 is 14.8 Å². The Balaban J connectivity index is 1.78. The van der Waals surface area contributed by atoms with Gasteiger partial charge in [-0.2, -0.15) is 0 Å². The molecular formula is C18H16NO4P. The van der Waals surface area contributed by atoms with E-state index in [1.54, 1.807) is 42.5 Å². The first-order valence-electron chi connectivity index (χ1n) is 7.25. The number of nitrogens with two attached hydrogens (primary N) is 1. The molecule has 0 aliphatic carbocycles. The van der Waals surface area contributed by atoms with Crippen molar-refractivity contribution in [1.29, 1.82) is 0 Å². The van der Waals surface area contributed by atoms with Gasteiger partial charge in [0.15, 0.2) is 0 Å². The summed E-state index contributed by atoms with van der Waals surface area (Å²) in [5, 5.41) is 0. The van der Waals surface area contributed by atoms with Gasteiger partial charge in [-0.15, -0.1) is 0 Å². The van der Waals surface area contributed by atoms with Crippen molar-refractivity contribution < 1.29 is 18.5 Å². The number of benzene rings is 3. The number of rotatable bonds is 5. The van der Waals surface area contributed by atoms with Crippen LogP contribution in [0, 0.1) is 0 Å². The number of anilines is 1. The van der Waals surface area contributed by atoms with Crippen molar-refractivity contribution in [3.63, 3.8) is 0 Å². The Bertz CT molecular complexity index is 869. The summed E-state index contributed by atoms with van der Waals surface area (Å²) in [7, 11) is -4.30. The normalized spacial score (nSPS) is 13.0. The highest BCUT2D eigenvalue weighted by atomic mass is 31.2. The summed E-state index contributed by atoms with van der Waals surface area (Å²) in [5.74, 6) is 0.408. The predicted octanol–water partition coefficient (Wildman–Crippen LogP) is 4.49. The molecule has 122 valence electrons. The van der Waals surface area contributed by atoms with Crippen LogP contribution in [0.15, 0.2) is 78.9 Å². The van der Waals surface area contributed by atoms with Gasteiger partial charge in [0, 0.05) is 17.3 Å². The van der Waals surface area contributed by atoms with Gasteiger partial charge in [0.2, 0.25) is 0 Å². The summed E-state index contributed by atoms with van der Waals surface area (Å²) in [5.41, 5.74) is 8.25. The highest BCUT2D eigenvalue weighted by molar-refractivity contribution is 7.48. The first-order chi connectivity index (χ1) is 11.5. The number of hydrogen-bond donors (Lipinski definition) is 2. The second-order valence-electron chi connectivity index (χ2n) is 5.08. The average molecular weight is 341 g/mol. The van der Waals surface area contributed by atoms with E-state index in [2.05, 4.69) is 0 Å². The summed E-state index contributed by atoms with van der Waals surface area (Å²) < 4.78 is 22.2. The molecule has 0 bridgehead atoms. The Hall–Kier alpha value is -2.75. The largest absolute Gasteiger partial charge is 0.584 e. The van der Waals surface area contributed by atoms with Crippen molar-refractivity contribution in [3.8, 4) is 22.6 Å². The number of phosphoric acid groups is 1. The molecule has 0 aromatic heterocycles. The zero-order chi connectivity index (χ0) is 17.0. The molecule has 24 heavy (non-hydrogen) atoms. The molecule has 6 heteroatoms. The molecule has 0 spiro atoms. The number of para-hydroxylation sites is 1. The number of hydrogen-bond acceptors (Lipinski definition) is 4. The lowest BCUT2D eigenvalue weighted by Crippen LogP contribution is -2.00. The van der Waals surface area contributed by atoms with Crippen LogP contribution in [0.25, 0.3) is 11.1 Å². The number of nitrogen functional groups attached to an aromatic ring is 1. The van der Waals surface area contributed by atoms with E-state index in [1.165, 1.54) is 6.07 Å². The molecule has 0 saturated carbocycles. The summed E-state index contributed by atoms with van der Waals surface area (Å²) >= 11 is 0. The summed E-state index contributed by atoms with van der Waals surface area (Å²) in [4.78, 5) is 9.87. The van der Waals surface area contributed by atoms with Gasteiger partial charge in [0.25, 0.3) is 0 Å². The molecule has 0 fully saturated rings. The Kier molecular flexibility index (Phi) is 4.56. The molecule has 0 radical (unpaired) electrons. The lowest BCUT2D eigenvalue weighted by molar-refractivity contribution is 0.291. The summed E-state index contributed by atoms with van der Waals surface area (Å²) in [6.45, 7) is 0. The van der Waals surface area contributed by atoms with Crippen molar-refractivity contribution in [2.75, 3.05) is 5.73 Å². The van der Waals surface area contributed by atoms with E-state index >= 15 is 0 Å². The third kappa shape index (κ3) is 3.96. The highest BCUT2D eigenvalue weighted by Gasteiger charge is 2.25. The van der Waals surface area contributed by atoms with Crippen molar-refractivity contribution >= 4 is 13.5 Å². The fourth-order valence-electron chi connectivity index (χ4n) is 2.24. The lowest BCUT2D eigenvalue weighted by atomic mass is 10.0. The van der Waals surface area contributed by atoms with Gasteiger partial charge in [0.1, 0.15) is 11.5 Å². The number of phosphoric ester groups is 1. The third-order valence-electron chi connectivity index (χ3n) is 3.29. The van der Waals surface area contributed by atoms with Gasteiger partial charge in [0.05, 0.1) is 0 Å². The smallest absolute Gasteiger partial charge is 0.398 e. The van der Waals surface area contributed by atoms with Crippen LogP contribution in [0.1, 0.15) is 0 Å². The molecular weight excluding hydrogens is 325 g/mol. The fraction of sp³-hybridized carbons (Fsp3) is 0. The molecule has 0 amide bonds. The first kappa shape index (κ1) is 16.1. The Morgan fingerprint density at radius 1 is 0.792 bits per heavy atom. The first-order valence-corrected chi connectivity index (χ1v) is 8.75. The van der Waals surface area contributed by atoms with Crippen LogP contribution in [0.2, 0.25) is 0 Å². The van der Waals surface area contributed by atoms with Crippen LogP contribution in [0.5, 0.6) is 11.5 Å². The molecule has 0 saturated heterocycles. The molecule has 3 aromatic rings. The van der Waals surface area contributed by atoms with E-state index in [-0.39, 0.29) is 11.5 Å². The maximum absolute atomic E-state index is 12.1. The molecule has 1 atom stereocenters. The minimum atomic E-state index is -4.30. The van der Waals surface area contributed by atoms with Gasteiger partial charge >= 0.3 is 7.82 Å².